The van der Waals surface area contributed by atoms with E-state index in [0.29, 0.717) is 42.5 Å². The van der Waals surface area contributed by atoms with Crippen molar-refractivity contribution in [3.63, 3.8) is 0 Å². The molecule has 7 heteroatoms. The minimum absolute atomic E-state index is 0.0935. The first-order valence-electron chi connectivity index (χ1n) is 6.70. The quantitative estimate of drug-likeness (QED) is 0.661. The third-order valence-corrected chi connectivity index (χ3v) is 4.61. The number of hydrogen-bond donors (Lipinski definition) is 1. The predicted molar refractivity (Wildman–Crippen MR) is 81.1 cm³/mol. The normalized spacial score (nSPS) is 18.4. The molecule has 0 saturated carbocycles. The number of carboxylic acid groups (broad SMARTS) is 1. The highest BCUT2D eigenvalue weighted by molar-refractivity contribution is 9.10. The Morgan fingerprint density at radius 2 is 2.10 bits per heavy atom. The fourth-order valence-corrected chi connectivity index (χ4v) is 2.85. The molecule has 0 radical (unpaired) electrons. The number of likely N-dealkylation sites (tertiary alicyclic amines) is 1. The lowest BCUT2D eigenvalue weighted by Crippen LogP contribution is -2.42. The van der Waals surface area contributed by atoms with Crippen LogP contribution >= 0.6 is 15.9 Å². The fourth-order valence-electron chi connectivity index (χ4n) is 2.50. The second-order valence-electron chi connectivity index (χ2n) is 5.67. The lowest BCUT2D eigenvalue weighted by molar-refractivity contribution is -0.385. The van der Waals surface area contributed by atoms with Gasteiger partial charge in [-0.1, -0.05) is 15.9 Å². The molecule has 0 spiro atoms. The van der Waals surface area contributed by atoms with Gasteiger partial charge in [0.05, 0.1) is 10.3 Å². The Morgan fingerprint density at radius 1 is 1.48 bits per heavy atom. The third kappa shape index (κ3) is 3.59. The number of carbonyl (C=O) groups is 1. The van der Waals surface area contributed by atoms with Crippen molar-refractivity contribution in [1.82, 2.24) is 4.90 Å². The van der Waals surface area contributed by atoms with E-state index in [1.807, 2.05) is 0 Å². The Balaban J connectivity index is 2.08. The molecule has 1 N–H and O–H groups in total. The molecule has 1 fully saturated rings. The maximum atomic E-state index is 11.2. The van der Waals surface area contributed by atoms with Crippen LogP contribution in [0.25, 0.3) is 0 Å². The first-order valence-corrected chi connectivity index (χ1v) is 7.50. The van der Waals surface area contributed by atoms with E-state index < -0.39 is 11.4 Å². The zero-order valence-corrected chi connectivity index (χ0v) is 13.3. The molecule has 21 heavy (non-hydrogen) atoms. The van der Waals surface area contributed by atoms with Crippen LogP contribution in [0.5, 0.6) is 0 Å². The predicted octanol–water partition coefficient (Wildman–Crippen LogP) is 3.04. The van der Waals surface area contributed by atoms with Gasteiger partial charge in [0.2, 0.25) is 0 Å². The Labute approximate surface area is 131 Å². The van der Waals surface area contributed by atoms with Crippen LogP contribution in [0.3, 0.4) is 0 Å². The summed E-state index contributed by atoms with van der Waals surface area (Å²) < 4.78 is 0.676. The lowest BCUT2D eigenvalue weighted by atomic mass is 9.80. The Morgan fingerprint density at radius 3 is 2.62 bits per heavy atom. The van der Waals surface area contributed by atoms with Gasteiger partial charge in [-0.2, -0.15) is 0 Å². The Kier molecular flexibility index (Phi) is 4.63. The molecule has 1 aliphatic heterocycles. The summed E-state index contributed by atoms with van der Waals surface area (Å²) in [6.45, 7) is 3.50. The lowest BCUT2D eigenvalue weighted by Gasteiger charge is -2.36. The van der Waals surface area contributed by atoms with Gasteiger partial charge < -0.3 is 5.11 Å². The number of rotatable bonds is 4. The van der Waals surface area contributed by atoms with Crippen LogP contribution in [0.15, 0.2) is 22.7 Å². The first-order chi connectivity index (χ1) is 9.82. The summed E-state index contributed by atoms with van der Waals surface area (Å²) in [5.74, 6) is -0.767. The molecular formula is C14H17BrN2O4. The van der Waals surface area contributed by atoms with Gasteiger partial charge in [-0.15, -0.1) is 0 Å². The number of carboxylic acids is 1. The highest BCUT2D eigenvalue weighted by Gasteiger charge is 2.37. The van der Waals surface area contributed by atoms with Gasteiger partial charge in [0.15, 0.2) is 0 Å². The van der Waals surface area contributed by atoms with E-state index in [-0.39, 0.29) is 10.6 Å². The average Bonchev–Trinajstić information content (AvgIpc) is 2.43. The zero-order chi connectivity index (χ0) is 15.6. The van der Waals surface area contributed by atoms with Crippen molar-refractivity contribution in [2.24, 2.45) is 5.41 Å². The SMILES string of the molecule is CC1(C(=O)O)CCN(Cc2ccc(Br)cc2[N+](=O)[O-])CC1. The minimum Gasteiger partial charge on any atom is -0.481 e. The van der Waals surface area contributed by atoms with Gasteiger partial charge in [-0.05, 0) is 45.0 Å². The smallest absolute Gasteiger partial charge is 0.309 e. The summed E-state index contributed by atoms with van der Waals surface area (Å²) in [6.07, 6.45) is 1.12. The number of halogens is 1. The zero-order valence-electron chi connectivity index (χ0n) is 11.7. The molecule has 0 aromatic heterocycles. The molecular weight excluding hydrogens is 340 g/mol. The number of nitro benzene ring substituents is 1. The van der Waals surface area contributed by atoms with Crippen LogP contribution in [-0.4, -0.2) is 34.0 Å². The average molecular weight is 357 g/mol. The standard InChI is InChI=1S/C14H17BrN2O4/c1-14(13(18)19)4-6-16(7-5-14)9-10-2-3-11(15)8-12(10)17(20)21/h2-3,8H,4-7,9H2,1H3,(H,18,19). The highest BCUT2D eigenvalue weighted by atomic mass is 79.9. The van der Waals surface area contributed by atoms with Gasteiger partial charge in [0.25, 0.3) is 5.69 Å². The van der Waals surface area contributed by atoms with Crippen molar-refractivity contribution in [2.45, 2.75) is 26.3 Å². The molecule has 2 rings (SSSR count). The topological polar surface area (TPSA) is 83.7 Å². The molecule has 0 amide bonds. The number of hydrogen-bond acceptors (Lipinski definition) is 4. The molecule has 0 bridgehead atoms. The van der Waals surface area contributed by atoms with Crippen molar-refractivity contribution in [3.05, 3.63) is 38.3 Å². The monoisotopic (exact) mass is 356 g/mol. The van der Waals surface area contributed by atoms with Crippen molar-refractivity contribution in [1.29, 1.82) is 0 Å². The third-order valence-electron chi connectivity index (χ3n) is 4.11. The molecule has 1 aromatic carbocycles. The summed E-state index contributed by atoms with van der Waals surface area (Å²) >= 11 is 3.24. The van der Waals surface area contributed by atoms with Gasteiger partial charge in [0.1, 0.15) is 0 Å². The van der Waals surface area contributed by atoms with Crippen LogP contribution in [0.1, 0.15) is 25.3 Å². The molecule has 114 valence electrons. The van der Waals surface area contributed by atoms with Gasteiger partial charge in [-0.25, -0.2) is 0 Å². The summed E-state index contributed by atoms with van der Waals surface area (Å²) in [7, 11) is 0. The molecule has 1 aromatic rings. The van der Waals surface area contributed by atoms with E-state index in [0.717, 1.165) is 0 Å². The molecule has 1 heterocycles. The van der Waals surface area contributed by atoms with Crippen LogP contribution in [-0.2, 0) is 11.3 Å². The van der Waals surface area contributed by atoms with Crippen LogP contribution in [0.2, 0.25) is 0 Å². The molecule has 1 saturated heterocycles. The summed E-state index contributed by atoms with van der Waals surface area (Å²) in [4.78, 5) is 24.0. The minimum atomic E-state index is -0.767. The van der Waals surface area contributed by atoms with Crippen molar-refractivity contribution in [2.75, 3.05) is 13.1 Å². The molecule has 0 aliphatic carbocycles. The number of nitro groups is 1. The van der Waals surface area contributed by atoms with Gasteiger partial charge >= 0.3 is 5.97 Å². The highest BCUT2D eigenvalue weighted by Crippen LogP contribution is 2.32. The number of benzene rings is 1. The van der Waals surface area contributed by atoms with E-state index >= 15 is 0 Å². The summed E-state index contributed by atoms with van der Waals surface area (Å²) in [5.41, 5.74) is 0.0698. The summed E-state index contributed by atoms with van der Waals surface area (Å²) in [5, 5.41) is 20.3. The fraction of sp³-hybridized carbons (Fsp3) is 0.500. The molecule has 0 atom stereocenters. The second-order valence-corrected chi connectivity index (χ2v) is 6.59. The summed E-state index contributed by atoms with van der Waals surface area (Å²) in [6, 6.07) is 5.03. The van der Waals surface area contributed by atoms with Crippen molar-refractivity contribution < 1.29 is 14.8 Å². The number of piperidine rings is 1. The van der Waals surface area contributed by atoms with E-state index in [1.54, 1.807) is 19.1 Å². The van der Waals surface area contributed by atoms with E-state index in [1.165, 1.54) is 6.07 Å². The van der Waals surface area contributed by atoms with E-state index in [2.05, 4.69) is 20.8 Å². The number of aliphatic carboxylic acids is 1. The van der Waals surface area contributed by atoms with E-state index in [4.69, 9.17) is 0 Å². The van der Waals surface area contributed by atoms with Crippen LogP contribution < -0.4 is 0 Å². The molecule has 6 nitrogen and oxygen atoms in total. The molecule has 1 aliphatic rings. The van der Waals surface area contributed by atoms with E-state index in [9.17, 15) is 20.0 Å². The van der Waals surface area contributed by atoms with Crippen LogP contribution in [0.4, 0.5) is 5.69 Å². The van der Waals surface area contributed by atoms with Crippen molar-refractivity contribution >= 4 is 27.6 Å². The largest absolute Gasteiger partial charge is 0.481 e. The maximum absolute atomic E-state index is 11.2. The van der Waals surface area contributed by atoms with Gasteiger partial charge in [-0.3, -0.25) is 19.8 Å². The first kappa shape index (κ1) is 15.9. The Bertz CT molecular complexity index is 568. The second kappa shape index (κ2) is 6.11. The van der Waals surface area contributed by atoms with Crippen LogP contribution in [0, 0.1) is 15.5 Å². The Hall–Kier alpha value is -1.47. The number of nitrogens with zero attached hydrogens (tertiary/aromatic N) is 2. The van der Waals surface area contributed by atoms with Crippen molar-refractivity contribution in [3.8, 4) is 0 Å². The van der Waals surface area contributed by atoms with Gasteiger partial charge in [0, 0.05) is 22.6 Å². The molecule has 0 unspecified atom stereocenters. The maximum Gasteiger partial charge on any atom is 0.309 e.